The topological polar surface area (TPSA) is 26.3 Å². The van der Waals surface area contributed by atoms with Gasteiger partial charge in [-0.05, 0) is 31.7 Å². The molecule has 0 saturated heterocycles. The smallest absolute Gasteiger partial charge is 0.341 e. The van der Waals surface area contributed by atoms with Crippen molar-refractivity contribution < 1.29 is 9.53 Å². The number of hydrogen-bond donors (Lipinski definition) is 0. The molecule has 0 radical (unpaired) electrons. The number of halogens is 3. The molecule has 2 nitrogen and oxygen atoms in total. The van der Waals surface area contributed by atoms with Crippen molar-refractivity contribution in [3.8, 4) is 0 Å². The van der Waals surface area contributed by atoms with Gasteiger partial charge >= 0.3 is 12.0 Å². The maximum absolute atomic E-state index is 11.1. The summed E-state index contributed by atoms with van der Waals surface area (Å²) in [6.45, 7) is 7.71. The van der Waals surface area contributed by atoms with E-state index in [1.165, 1.54) is 0 Å². The SMILES string of the molecule is C=C(C)C(=O)OCCCCC(CC)C[Si](Cl)(Cl)Cl. The molecule has 0 N–H and O–H groups in total. The van der Waals surface area contributed by atoms with Gasteiger partial charge in [0.05, 0.1) is 6.61 Å². The first-order valence-corrected chi connectivity index (χ1v) is 11.4. The molecule has 18 heavy (non-hydrogen) atoms. The molecule has 0 aromatic rings. The molecule has 0 aromatic heterocycles. The molecule has 0 amide bonds. The highest BCUT2D eigenvalue weighted by Crippen LogP contribution is 2.32. The van der Waals surface area contributed by atoms with Gasteiger partial charge in [0.25, 0.3) is 0 Å². The summed E-state index contributed by atoms with van der Waals surface area (Å²) in [5.74, 6) is 0.136. The van der Waals surface area contributed by atoms with Crippen molar-refractivity contribution in [2.75, 3.05) is 6.61 Å². The third-order valence-corrected chi connectivity index (χ3v) is 5.11. The third kappa shape index (κ3) is 10.2. The van der Waals surface area contributed by atoms with Gasteiger partial charge in [-0.1, -0.05) is 26.3 Å². The lowest BCUT2D eigenvalue weighted by atomic mass is 10.0. The molecule has 0 aromatic carbocycles. The van der Waals surface area contributed by atoms with Gasteiger partial charge in [0.1, 0.15) is 0 Å². The molecular weight excluding hydrogens is 311 g/mol. The van der Waals surface area contributed by atoms with Crippen LogP contribution in [0.3, 0.4) is 0 Å². The number of esters is 1. The van der Waals surface area contributed by atoms with Crippen LogP contribution in [0.2, 0.25) is 6.04 Å². The Balaban J connectivity index is 3.69. The van der Waals surface area contributed by atoms with Crippen molar-refractivity contribution in [2.24, 2.45) is 5.92 Å². The van der Waals surface area contributed by atoms with E-state index in [2.05, 4.69) is 13.5 Å². The van der Waals surface area contributed by atoms with Crippen LogP contribution in [0.5, 0.6) is 0 Å². The second-order valence-electron chi connectivity index (χ2n) is 4.51. The van der Waals surface area contributed by atoms with Crippen LogP contribution in [0.25, 0.3) is 0 Å². The van der Waals surface area contributed by atoms with E-state index in [-0.39, 0.29) is 5.97 Å². The lowest BCUT2D eigenvalue weighted by Gasteiger charge is -2.17. The number of unbranched alkanes of at least 4 members (excludes halogenated alkanes) is 1. The maximum atomic E-state index is 11.1. The van der Waals surface area contributed by atoms with Crippen molar-refractivity contribution in [3.63, 3.8) is 0 Å². The van der Waals surface area contributed by atoms with Gasteiger partial charge in [0.15, 0.2) is 0 Å². The number of ether oxygens (including phenoxy) is 1. The van der Waals surface area contributed by atoms with Crippen molar-refractivity contribution in [1.29, 1.82) is 0 Å². The Labute approximate surface area is 125 Å². The molecule has 0 saturated carbocycles. The molecule has 0 aliphatic heterocycles. The molecule has 0 aliphatic rings. The second kappa shape index (κ2) is 9.24. The van der Waals surface area contributed by atoms with Gasteiger partial charge in [-0.25, -0.2) is 4.79 Å². The highest BCUT2D eigenvalue weighted by molar-refractivity contribution is 7.64. The molecule has 0 bridgehead atoms. The number of rotatable bonds is 9. The largest absolute Gasteiger partial charge is 0.462 e. The zero-order valence-electron chi connectivity index (χ0n) is 11.0. The fourth-order valence-electron chi connectivity index (χ4n) is 1.60. The molecule has 0 spiro atoms. The van der Waals surface area contributed by atoms with E-state index in [0.29, 0.717) is 24.1 Å². The summed E-state index contributed by atoms with van der Waals surface area (Å²) in [7, 11) is 0. The summed E-state index contributed by atoms with van der Waals surface area (Å²) in [4.78, 5) is 11.1. The van der Waals surface area contributed by atoms with E-state index in [4.69, 9.17) is 38.0 Å². The van der Waals surface area contributed by atoms with E-state index in [0.717, 1.165) is 25.7 Å². The zero-order valence-corrected chi connectivity index (χ0v) is 14.2. The number of carbonyl (C=O) groups is 1. The number of carbonyl (C=O) groups excluding carboxylic acids is 1. The summed E-state index contributed by atoms with van der Waals surface area (Å²) in [5, 5.41) is 0. The molecule has 6 heteroatoms. The predicted molar refractivity (Wildman–Crippen MR) is 81.5 cm³/mol. The van der Waals surface area contributed by atoms with Crippen LogP contribution in [-0.2, 0) is 9.53 Å². The summed E-state index contributed by atoms with van der Waals surface area (Å²) in [6, 6.07) is -1.81. The van der Waals surface area contributed by atoms with Crippen LogP contribution in [0, 0.1) is 5.92 Å². The standard InChI is InChI=1S/C12H21Cl3O2Si/c1-4-11(9-18(13,14)15)7-5-6-8-17-12(16)10(2)3/h11H,2,4-9H2,1,3H3. The van der Waals surface area contributed by atoms with E-state index in [1.807, 2.05) is 0 Å². The fraction of sp³-hybridized carbons (Fsp3) is 0.750. The lowest BCUT2D eigenvalue weighted by molar-refractivity contribution is -0.139. The van der Waals surface area contributed by atoms with Crippen LogP contribution >= 0.6 is 33.2 Å². The van der Waals surface area contributed by atoms with Crippen molar-refractivity contribution in [3.05, 3.63) is 12.2 Å². The van der Waals surface area contributed by atoms with Gasteiger partial charge in [-0.2, -0.15) is 0 Å². The minimum absolute atomic E-state index is 0.323. The quantitative estimate of drug-likeness (QED) is 0.196. The van der Waals surface area contributed by atoms with E-state index in [1.54, 1.807) is 6.92 Å². The van der Waals surface area contributed by atoms with Crippen molar-refractivity contribution in [1.82, 2.24) is 0 Å². The summed E-state index contributed by atoms with van der Waals surface area (Å²) < 4.78 is 5.01. The molecule has 106 valence electrons. The molecule has 0 fully saturated rings. The monoisotopic (exact) mass is 330 g/mol. The number of hydrogen-bond acceptors (Lipinski definition) is 2. The molecule has 0 rings (SSSR count). The predicted octanol–water partition coefficient (Wildman–Crippen LogP) is 4.96. The molecule has 0 aliphatic carbocycles. The minimum Gasteiger partial charge on any atom is -0.462 e. The Kier molecular flexibility index (Phi) is 9.39. The van der Waals surface area contributed by atoms with Crippen LogP contribution in [0.1, 0.15) is 39.5 Å². The van der Waals surface area contributed by atoms with Gasteiger partial charge in [-0.3, -0.25) is 0 Å². The molecule has 0 heterocycles. The highest BCUT2D eigenvalue weighted by Gasteiger charge is 2.28. The van der Waals surface area contributed by atoms with Crippen LogP contribution in [0.15, 0.2) is 12.2 Å². The van der Waals surface area contributed by atoms with Gasteiger partial charge in [0.2, 0.25) is 0 Å². The molecular formula is C12H21Cl3O2Si. The van der Waals surface area contributed by atoms with E-state index < -0.39 is 6.00 Å². The average Bonchev–Trinajstić information content (AvgIpc) is 2.24. The lowest BCUT2D eigenvalue weighted by Crippen LogP contribution is -2.15. The first-order chi connectivity index (χ1) is 8.26. The Hall–Kier alpha value is 0.297. The third-order valence-electron chi connectivity index (χ3n) is 2.69. The summed E-state index contributed by atoms with van der Waals surface area (Å²) >= 11 is 17.7. The Morgan fingerprint density at radius 3 is 2.39 bits per heavy atom. The Morgan fingerprint density at radius 1 is 1.33 bits per heavy atom. The minimum atomic E-state index is -2.52. The normalized spacial score (nSPS) is 13.2. The maximum Gasteiger partial charge on any atom is 0.341 e. The van der Waals surface area contributed by atoms with Crippen molar-refractivity contribution >= 4 is 45.2 Å². The first kappa shape index (κ1) is 18.3. The van der Waals surface area contributed by atoms with E-state index >= 15 is 0 Å². The second-order valence-corrected chi connectivity index (χ2v) is 13.7. The molecule has 1 atom stereocenters. The van der Waals surface area contributed by atoms with Crippen LogP contribution < -0.4 is 0 Å². The van der Waals surface area contributed by atoms with Crippen molar-refractivity contribution in [2.45, 2.75) is 45.6 Å². The Morgan fingerprint density at radius 2 is 1.94 bits per heavy atom. The summed E-state index contributed by atoms with van der Waals surface area (Å²) in [5.41, 5.74) is 0.434. The van der Waals surface area contributed by atoms with Gasteiger partial charge in [0, 0.05) is 5.57 Å². The Bertz CT molecular complexity index is 277. The summed E-state index contributed by atoms with van der Waals surface area (Å²) in [6.07, 6.45) is 3.86. The zero-order chi connectivity index (χ0) is 14.2. The fourth-order valence-corrected chi connectivity index (χ4v) is 4.71. The highest BCUT2D eigenvalue weighted by atomic mass is 35.8. The van der Waals surface area contributed by atoms with Crippen LogP contribution in [0.4, 0.5) is 0 Å². The van der Waals surface area contributed by atoms with Crippen LogP contribution in [-0.4, -0.2) is 18.6 Å². The average molecular weight is 332 g/mol. The first-order valence-electron chi connectivity index (χ1n) is 6.15. The van der Waals surface area contributed by atoms with Gasteiger partial charge < -0.3 is 4.74 Å². The van der Waals surface area contributed by atoms with E-state index in [9.17, 15) is 4.79 Å². The van der Waals surface area contributed by atoms with Gasteiger partial charge in [-0.15, -0.1) is 33.2 Å². The molecule has 1 unspecified atom stereocenters.